The lowest BCUT2D eigenvalue weighted by Gasteiger charge is -2.17. The second kappa shape index (κ2) is 3.15. The summed E-state index contributed by atoms with van der Waals surface area (Å²) in [7, 11) is 0. The molecule has 0 aliphatic heterocycles. The summed E-state index contributed by atoms with van der Waals surface area (Å²) in [5.74, 6) is 0. The molecule has 0 unspecified atom stereocenters. The fourth-order valence-electron chi connectivity index (χ4n) is 2.17. The van der Waals surface area contributed by atoms with Crippen molar-refractivity contribution in [2.24, 2.45) is 5.73 Å². The van der Waals surface area contributed by atoms with Crippen LogP contribution in [-0.2, 0) is 5.41 Å². The summed E-state index contributed by atoms with van der Waals surface area (Å²) in [5, 5.41) is 0. The van der Waals surface area contributed by atoms with Crippen molar-refractivity contribution in [1.82, 2.24) is 0 Å². The highest BCUT2D eigenvalue weighted by Gasteiger charge is 2.44. The Hall–Kier alpha value is -0.820. The van der Waals surface area contributed by atoms with Crippen LogP contribution >= 0.6 is 0 Å². The van der Waals surface area contributed by atoms with Crippen LogP contribution in [0.2, 0.25) is 0 Å². The maximum Gasteiger partial charge on any atom is 0.00189 e. The van der Waals surface area contributed by atoms with E-state index < -0.39 is 0 Å². The van der Waals surface area contributed by atoms with Crippen molar-refractivity contribution in [3.63, 3.8) is 0 Å². The summed E-state index contributed by atoms with van der Waals surface area (Å²) >= 11 is 0. The molecule has 13 heavy (non-hydrogen) atoms. The molecule has 1 atom stereocenters. The van der Waals surface area contributed by atoms with E-state index in [9.17, 15) is 0 Å². The van der Waals surface area contributed by atoms with E-state index in [4.69, 9.17) is 5.73 Å². The summed E-state index contributed by atoms with van der Waals surface area (Å²) in [6, 6.07) is 11.1. The molecule has 1 aliphatic rings. The molecule has 1 nitrogen and oxygen atoms in total. The predicted octanol–water partition coefficient (Wildman–Crippen LogP) is 2.46. The smallest absolute Gasteiger partial charge is 0.00189 e. The first kappa shape index (κ1) is 8.76. The number of rotatable bonds is 3. The van der Waals surface area contributed by atoms with E-state index in [-0.39, 0.29) is 0 Å². The topological polar surface area (TPSA) is 26.0 Å². The lowest BCUT2D eigenvalue weighted by molar-refractivity contribution is 0.542. The third kappa shape index (κ3) is 1.75. The van der Waals surface area contributed by atoms with E-state index in [0.29, 0.717) is 11.5 Å². The van der Waals surface area contributed by atoms with Gasteiger partial charge in [-0.3, -0.25) is 0 Å². The minimum Gasteiger partial charge on any atom is -0.328 e. The van der Waals surface area contributed by atoms with E-state index in [1.807, 2.05) is 0 Å². The predicted molar refractivity (Wildman–Crippen MR) is 55.6 cm³/mol. The first-order valence-electron chi connectivity index (χ1n) is 5.04. The summed E-state index contributed by atoms with van der Waals surface area (Å²) in [4.78, 5) is 0. The number of nitrogens with two attached hydrogens (primary N) is 1. The van der Waals surface area contributed by atoms with Gasteiger partial charge < -0.3 is 5.73 Å². The van der Waals surface area contributed by atoms with Gasteiger partial charge in [-0.1, -0.05) is 30.3 Å². The minimum absolute atomic E-state index is 0.322. The molecule has 0 saturated heterocycles. The molecule has 0 amide bonds. The van der Waals surface area contributed by atoms with Gasteiger partial charge in [0.15, 0.2) is 0 Å². The largest absolute Gasteiger partial charge is 0.328 e. The molecular weight excluding hydrogens is 158 g/mol. The van der Waals surface area contributed by atoms with Crippen LogP contribution in [0, 0.1) is 0 Å². The number of hydrogen-bond donors (Lipinski definition) is 1. The molecule has 1 aromatic rings. The zero-order valence-electron chi connectivity index (χ0n) is 8.16. The van der Waals surface area contributed by atoms with Crippen LogP contribution < -0.4 is 5.73 Å². The van der Waals surface area contributed by atoms with Gasteiger partial charge in [-0.2, -0.15) is 0 Å². The van der Waals surface area contributed by atoms with E-state index in [2.05, 4.69) is 37.3 Å². The van der Waals surface area contributed by atoms with E-state index in [1.54, 1.807) is 0 Å². The quantitative estimate of drug-likeness (QED) is 0.750. The average molecular weight is 175 g/mol. The third-order valence-electron chi connectivity index (χ3n) is 2.95. The van der Waals surface area contributed by atoms with Crippen LogP contribution in [0.3, 0.4) is 0 Å². The summed E-state index contributed by atoms with van der Waals surface area (Å²) in [6.07, 6.45) is 3.77. The molecule has 0 radical (unpaired) electrons. The van der Waals surface area contributed by atoms with Crippen LogP contribution in [0.1, 0.15) is 31.7 Å². The molecule has 1 saturated carbocycles. The molecular formula is C12H17N. The van der Waals surface area contributed by atoms with Crippen molar-refractivity contribution >= 4 is 0 Å². The highest BCUT2D eigenvalue weighted by molar-refractivity contribution is 5.31. The monoisotopic (exact) mass is 175 g/mol. The lowest BCUT2D eigenvalue weighted by Crippen LogP contribution is -2.22. The van der Waals surface area contributed by atoms with Crippen LogP contribution in [-0.4, -0.2) is 6.04 Å². The van der Waals surface area contributed by atoms with Gasteiger partial charge in [0.05, 0.1) is 0 Å². The van der Waals surface area contributed by atoms with Gasteiger partial charge >= 0.3 is 0 Å². The fraction of sp³-hybridized carbons (Fsp3) is 0.500. The highest BCUT2D eigenvalue weighted by atomic mass is 14.6. The van der Waals surface area contributed by atoms with Crippen molar-refractivity contribution in [3.8, 4) is 0 Å². The first-order valence-corrected chi connectivity index (χ1v) is 5.04. The molecule has 70 valence electrons. The van der Waals surface area contributed by atoms with Gasteiger partial charge in [-0.05, 0) is 37.2 Å². The Morgan fingerprint density at radius 3 is 2.38 bits per heavy atom. The first-order chi connectivity index (χ1) is 6.23. The Bertz CT molecular complexity index is 272. The maximum absolute atomic E-state index is 5.86. The van der Waals surface area contributed by atoms with E-state index >= 15 is 0 Å². The van der Waals surface area contributed by atoms with Crippen LogP contribution in [0.25, 0.3) is 0 Å². The van der Waals surface area contributed by atoms with Gasteiger partial charge in [-0.25, -0.2) is 0 Å². The molecule has 0 spiro atoms. The Kier molecular flexibility index (Phi) is 2.12. The molecule has 2 rings (SSSR count). The Labute approximate surface area is 80.0 Å². The van der Waals surface area contributed by atoms with Crippen molar-refractivity contribution in [1.29, 1.82) is 0 Å². The van der Waals surface area contributed by atoms with Gasteiger partial charge in [0.1, 0.15) is 0 Å². The Morgan fingerprint density at radius 1 is 1.31 bits per heavy atom. The number of benzene rings is 1. The molecule has 0 aromatic heterocycles. The molecule has 1 aromatic carbocycles. The van der Waals surface area contributed by atoms with Crippen molar-refractivity contribution in [3.05, 3.63) is 35.9 Å². The Balaban J connectivity index is 2.16. The van der Waals surface area contributed by atoms with Crippen LogP contribution in [0.5, 0.6) is 0 Å². The fourth-order valence-corrected chi connectivity index (χ4v) is 2.17. The minimum atomic E-state index is 0.322. The standard InChI is InChI=1S/C12H17N/c1-10(13)9-12(7-8-12)11-5-3-2-4-6-11/h2-6,10H,7-9,13H2,1H3/t10-/m0/s1. The molecule has 1 aliphatic carbocycles. The van der Waals surface area contributed by atoms with Crippen LogP contribution in [0.4, 0.5) is 0 Å². The number of hydrogen-bond acceptors (Lipinski definition) is 1. The van der Waals surface area contributed by atoms with Gasteiger partial charge in [0, 0.05) is 6.04 Å². The highest BCUT2D eigenvalue weighted by Crippen LogP contribution is 2.51. The van der Waals surface area contributed by atoms with Crippen molar-refractivity contribution in [2.45, 2.75) is 37.6 Å². The van der Waals surface area contributed by atoms with Crippen molar-refractivity contribution in [2.75, 3.05) is 0 Å². The summed E-state index contributed by atoms with van der Waals surface area (Å²) < 4.78 is 0. The lowest BCUT2D eigenvalue weighted by atomic mass is 9.90. The third-order valence-corrected chi connectivity index (χ3v) is 2.95. The average Bonchev–Trinajstić information content (AvgIpc) is 2.86. The van der Waals surface area contributed by atoms with Crippen LogP contribution in [0.15, 0.2) is 30.3 Å². The molecule has 1 heteroatoms. The normalized spacial score (nSPS) is 21.1. The zero-order valence-corrected chi connectivity index (χ0v) is 8.16. The van der Waals surface area contributed by atoms with E-state index in [1.165, 1.54) is 18.4 Å². The summed E-state index contributed by atoms with van der Waals surface area (Å²) in [5.41, 5.74) is 7.77. The van der Waals surface area contributed by atoms with E-state index in [0.717, 1.165) is 6.42 Å². The SMILES string of the molecule is C[C@H](N)CC1(c2ccccc2)CC1. The second-order valence-corrected chi connectivity index (χ2v) is 4.33. The zero-order chi connectivity index (χ0) is 9.31. The summed E-state index contributed by atoms with van der Waals surface area (Å²) in [6.45, 7) is 2.10. The molecule has 0 bridgehead atoms. The van der Waals surface area contributed by atoms with Gasteiger partial charge in [-0.15, -0.1) is 0 Å². The van der Waals surface area contributed by atoms with Gasteiger partial charge in [0.2, 0.25) is 0 Å². The van der Waals surface area contributed by atoms with Gasteiger partial charge in [0.25, 0.3) is 0 Å². The second-order valence-electron chi connectivity index (χ2n) is 4.33. The molecule has 0 heterocycles. The maximum atomic E-state index is 5.86. The Morgan fingerprint density at radius 2 is 1.92 bits per heavy atom. The van der Waals surface area contributed by atoms with Crippen molar-refractivity contribution < 1.29 is 0 Å². The molecule has 1 fully saturated rings. The molecule has 2 N–H and O–H groups in total.